The Labute approximate surface area is 198 Å². The van der Waals surface area contributed by atoms with Gasteiger partial charge in [-0.3, -0.25) is 4.79 Å². The fraction of sp³-hybridized carbons (Fsp3) is 0.480. The summed E-state index contributed by atoms with van der Waals surface area (Å²) >= 11 is 5.90. The maximum absolute atomic E-state index is 12.3. The largest absolute Gasteiger partial charge is 0.480 e. The van der Waals surface area contributed by atoms with Gasteiger partial charge >= 0.3 is 5.97 Å². The molecule has 2 aromatic rings. The first-order chi connectivity index (χ1) is 16.0. The van der Waals surface area contributed by atoms with Crippen LogP contribution in [0.25, 0.3) is 0 Å². The van der Waals surface area contributed by atoms with Crippen molar-refractivity contribution in [3.05, 3.63) is 58.2 Å². The molecule has 1 fully saturated rings. The highest BCUT2D eigenvalue weighted by molar-refractivity contribution is 6.31. The number of nitrogens with one attached hydrogen (secondary N) is 2. The van der Waals surface area contributed by atoms with E-state index < -0.39 is 17.9 Å². The van der Waals surface area contributed by atoms with Crippen LogP contribution in [-0.4, -0.2) is 47.3 Å². The van der Waals surface area contributed by atoms with Crippen molar-refractivity contribution >= 4 is 29.3 Å². The van der Waals surface area contributed by atoms with Gasteiger partial charge in [-0.25, -0.2) is 9.78 Å². The molecule has 1 saturated carbocycles. The van der Waals surface area contributed by atoms with E-state index >= 15 is 0 Å². The van der Waals surface area contributed by atoms with Crippen LogP contribution in [0.5, 0.6) is 0 Å². The molecule has 4 rings (SSSR count). The van der Waals surface area contributed by atoms with Crippen LogP contribution in [0.1, 0.15) is 53.7 Å². The highest BCUT2D eigenvalue weighted by atomic mass is 35.5. The van der Waals surface area contributed by atoms with E-state index in [9.17, 15) is 14.7 Å². The lowest BCUT2D eigenvalue weighted by atomic mass is 9.79. The third-order valence-electron chi connectivity index (χ3n) is 6.40. The van der Waals surface area contributed by atoms with Crippen molar-refractivity contribution in [2.45, 2.75) is 57.1 Å². The number of nitrogens with zero attached hydrogens (tertiary/aromatic N) is 1. The lowest BCUT2D eigenvalue weighted by Crippen LogP contribution is -2.42. The molecule has 0 radical (unpaired) electrons. The van der Waals surface area contributed by atoms with E-state index in [-0.39, 0.29) is 12.5 Å². The number of benzene rings is 1. The molecule has 1 aliphatic heterocycles. The fourth-order valence-corrected chi connectivity index (χ4v) is 4.58. The van der Waals surface area contributed by atoms with Gasteiger partial charge in [-0.2, -0.15) is 0 Å². The first-order valence-electron chi connectivity index (χ1n) is 11.6. The van der Waals surface area contributed by atoms with E-state index in [1.807, 2.05) is 0 Å². The maximum Gasteiger partial charge on any atom is 0.326 e. The number of ether oxygens (including phenoxy) is 1. The Morgan fingerprint density at radius 2 is 2.12 bits per heavy atom. The number of halogens is 1. The average Bonchev–Trinajstić information content (AvgIpc) is 2.78. The zero-order valence-electron chi connectivity index (χ0n) is 18.6. The molecule has 1 atom stereocenters. The van der Waals surface area contributed by atoms with E-state index in [1.54, 1.807) is 18.2 Å². The Hall–Kier alpha value is -2.64. The summed E-state index contributed by atoms with van der Waals surface area (Å²) in [4.78, 5) is 28.6. The van der Waals surface area contributed by atoms with Crippen molar-refractivity contribution in [1.82, 2.24) is 10.3 Å². The van der Waals surface area contributed by atoms with E-state index in [0.717, 1.165) is 50.2 Å². The standard InChI is InChI=1S/C25H30ClN3O4/c26-19-5-1-3-18(15-19)24(30)29-22(25(31)32)10-12-33-21-13-16(14-21)6-8-20-9-7-17-4-2-11-27-23(17)28-20/h1,3,5,7,9,15-16,21-22H,2,4,6,8,10-14H2,(H,27,28)(H,29,30)(H,31,32). The summed E-state index contributed by atoms with van der Waals surface area (Å²) in [5, 5.41) is 15.8. The number of hydrogen-bond acceptors (Lipinski definition) is 5. The first-order valence-corrected chi connectivity index (χ1v) is 12.0. The minimum absolute atomic E-state index is 0.159. The monoisotopic (exact) mass is 471 g/mol. The number of pyridine rings is 1. The van der Waals surface area contributed by atoms with Crippen LogP contribution in [0.4, 0.5) is 5.82 Å². The Morgan fingerprint density at radius 3 is 2.91 bits per heavy atom. The topological polar surface area (TPSA) is 101 Å². The molecule has 2 aliphatic rings. The Kier molecular flexibility index (Phi) is 7.83. The third kappa shape index (κ3) is 6.45. The van der Waals surface area contributed by atoms with Gasteiger partial charge in [-0.05, 0) is 74.3 Å². The number of carbonyl (C=O) groups excluding carboxylic acids is 1. The van der Waals surface area contributed by atoms with Crippen molar-refractivity contribution < 1.29 is 19.4 Å². The minimum Gasteiger partial charge on any atom is -0.480 e. The molecule has 8 heteroatoms. The van der Waals surface area contributed by atoms with E-state index in [2.05, 4.69) is 22.8 Å². The predicted octanol–water partition coefficient (Wildman–Crippen LogP) is 4.09. The van der Waals surface area contributed by atoms with Crippen LogP contribution in [0.15, 0.2) is 36.4 Å². The summed E-state index contributed by atoms with van der Waals surface area (Å²) in [6, 6.07) is 9.76. The Morgan fingerprint density at radius 1 is 1.27 bits per heavy atom. The number of rotatable bonds is 10. The van der Waals surface area contributed by atoms with Gasteiger partial charge in [-0.1, -0.05) is 23.7 Å². The van der Waals surface area contributed by atoms with Crippen LogP contribution >= 0.6 is 11.6 Å². The number of amides is 1. The van der Waals surface area contributed by atoms with Gasteiger partial charge < -0.3 is 20.5 Å². The molecule has 2 heterocycles. The molecule has 0 spiro atoms. The summed E-state index contributed by atoms with van der Waals surface area (Å²) in [6.07, 6.45) is 6.65. The second kappa shape index (κ2) is 11.0. The van der Waals surface area contributed by atoms with Gasteiger partial charge in [0.15, 0.2) is 0 Å². The second-order valence-electron chi connectivity index (χ2n) is 8.87. The van der Waals surface area contributed by atoms with Crippen molar-refractivity contribution in [2.24, 2.45) is 5.92 Å². The fourth-order valence-electron chi connectivity index (χ4n) is 4.39. The highest BCUT2D eigenvalue weighted by Crippen LogP contribution is 2.34. The molecule has 7 nitrogen and oxygen atoms in total. The first kappa shape index (κ1) is 23.5. The molecular formula is C25H30ClN3O4. The summed E-state index contributed by atoms with van der Waals surface area (Å²) in [5.41, 5.74) is 2.78. The third-order valence-corrected chi connectivity index (χ3v) is 6.64. The van der Waals surface area contributed by atoms with Gasteiger partial charge in [0.1, 0.15) is 11.9 Å². The average molecular weight is 472 g/mol. The zero-order valence-corrected chi connectivity index (χ0v) is 19.3. The summed E-state index contributed by atoms with van der Waals surface area (Å²) in [7, 11) is 0. The molecule has 1 aliphatic carbocycles. The van der Waals surface area contributed by atoms with Crippen molar-refractivity contribution in [3.8, 4) is 0 Å². The Bertz CT molecular complexity index is 993. The van der Waals surface area contributed by atoms with Crippen LogP contribution in [0, 0.1) is 5.92 Å². The summed E-state index contributed by atoms with van der Waals surface area (Å²) < 4.78 is 5.86. The number of aryl methyl sites for hydroxylation is 2. The van der Waals surface area contributed by atoms with E-state index in [1.165, 1.54) is 18.1 Å². The number of carboxylic acid groups (broad SMARTS) is 1. The van der Waals surface area contributed by atoms with Gasteiger partial charge in [0.2, 0.25) is 0 Å². The minimum atomic E-state index is -1.08. The molecular weight excluding hydrogens is 442 g/mol. The lowest BCUT2D eigenvalue weighted by Gasteiger charge is -2.35. The number of fused-ring (bicyclic) bond motifs is 1. The van der Waals surface area contributed by atoms with Crippen molar-refractivity contribution in [2.75, 3.05) is 18.5 Å². The quantitative estimate of drug-likeness (QED) is 0.482. The summed E-state index contributed by atoms with van der Waals surface area (Å²) in [5.74, 6) is 0.120. The molecule has 33 heavy (non-hydrogen) atoms. The normalized spacial score (nSPS) is 20.2. The summed E-state index contributed by atoms with van der Waals surface area (Å²) in [6.45, 7) is 1.29. The SMILES string of the molecule is O=C(NC(CCOC1CC(CCc2ccc3c(n2)NCCC3)C1)C(=O)O)c1cccc(Cl)c1. The number of carboxylic acids is 1. The smallest absolute Gasteiger partial charge is 0.326 e. The number of hydrogen-bond donors (Lipinski definition) is 3. The van der Waals surface area contributed by atoms with Crippen LogP contribution in [0.2, 0.25) is 5.02 Å². The number of aliphatic carboxylic acids is 1. The lowest BCUT2D eigenvalue weighted by molar-refractivity contribution is -0.140. The van der Waals surface area contributed by atoms with Crippen LogP contribution < -0.4 is 10.6 Å². The number of anilines is 1. The van der Waals surface area contributed by atoms with Crippen LogP contribution in [-0.2, 0) is 22.4 Å². The van der Waals surface area contributed by atoms with Crippen molar-refractivity contribution in [3.63, 3.8) is 0 Å². The van der Waals surface area contributed by atoms with Crippen molar-refractivity contribution in [1.29, 1.82) is 0 Å². The van der Waals surface area contributed by atoms with E-state index in [0.29, 0.717) is 23.1 Å². The van der Waals surface area contributed by atoms with Gasteiger partial charge in [0, 0.05) is 35.9 Å². The number of carbonyl (C=O) groups is 2. The molecule has 3 N–H and O–H groups in total. The van der Waals surface area contributed by atoms with Gasteiger partial charge in [-0.15, -0.1) is 0 Å². The highest BCUT2D eigenvalue weighted by Gasteiger charge is 2.30. The number of aromatic nitrogens is 1. The van der Waals surface area contributed by atoms with Gasteiger partial charge in [0.25, 0.3) is 5.91 Å². The zero-order chi connectivity index (χ0) is 23.2. The molecule has 1 unspecified atom stereocenters. The molecule has 1 aromatic heterocycles. The van der Waals surface area contributed by atoms with E-state index in [4.69, 9.17) is 21.3 Å². The Balaban J connectivity index is 1.14. The second-order valence-corrected chi connectivity index (χ2v) is 9.31. The predicted molar refractivity (Wildman–Crippen MR) is 127 cm³/mol. The van der Waals surface area contributed by atoms with Gasteiger partial charge in [0.05, 0.1) is 6.10 Å². The molecule has 0 saturated heterocycles. The molecule has 176 valence electrons. The molecule has 1 aromatic carbocycles. The maximum atomic E-state index is 12.3. The molecule has 0 bridgehead atoms. The van der Waals surface area contributed by atoms with Crippen LogP contribution in [0.3, 0.4) is 0 Å². The molecule has 1 amide bonds.